The van der Waals surface area contributed by atoms with Crippen molar-refractivity contribution in [1.82, 2.24) is 0 Å². The first kappa shape index (κ1) is 22.3. The van der Waals surface area contributed by atoms with Crippen LogP contribution in [0.2, 0.25) is 5.02 Å². The van der Waals surface area contributed by atoms with Crippen LogP contribution < -0.4 is 9.47 Å². The fourth-order valence-electron chi connectivity index (χ4n) is 2.50. The molecular weight excluding hydrogens is 446 g/mol. The molecule has 0 saturated heterocycles. The first-order chi connectivity index (χ1) is 14.5. The molecule has 0 aromatic heterocycles. The van der Waals surface area contributed by atoms with E-state index in [1.54, 1.807) is 25.1 Å². The topological polar surface area (TPSA) is 74.2 Å². The predicted octanol–water partition coefficient (Wildman–Crippen LogP) is 5.79. The van der Waals surface area contributed by atoms with E-state index >= 15 is 0 Å². The summed E-state index contributed by atoms with van der Waals surface area (Å²) in [6.07, 6.45) is 1.59. The van der Waals surface area contributed by atoms with Gasteiger partial charge < -0.3 is 14.2 Å². The van der Waals surface area contributed by atoms with Crippen molar-refractivity contribution in [2.24, 2.45) is 4.99 Å². The Balaban J connectivity index is 1.79. The molecule has 0 spiro atoms. The van der Waals surface area contributed by atoms with Crippen LogP contribution in [-0.2, 0) is 16.1 Å². The Hall–Kier alpha value is -2.42. The summed E-state index contributed by atoms with van der Waals surface area (Å²) in [5.74, 6) is 0.854. The van der Waals surface area contributed by atoms with E-state index in [-0.39, 0.29) is 17.4 Å². The Bertz CT molecular complexity index is 1010. The molecule has 0 atom stereocenters. The van der Waals surface area contributed by atoms with Crippen LogP contribution in [0.3, 0.4) is 0 Å². The second-order valence-corrected chi connectivity index (χ2v) is 8.44. The van der Waals surface area contributed by atoms with Crippen LogP contribution in [0.25, 0.3) is 6.08 Å². The van der Waals surface area contributed by atoms with E-state index < -0.39 is 5.30 Å². The van der Waals surface area contributed by atoms with Crippen molar-refractivity contribution in [3.63, 3.8) is 0 Å². The fourth-order valence-corrected chi connectivity index (χ4v) is 4.35. The Morgan fingerprint density at radius 3 is 2.73 bits per heavy atom. The van der Waals surface area contributed by atoms with Crippen molar-refractivity contribution in [2.45, 2.75) is 13.5 Å². The number of benzene rings is 2. The summed E-state index contributed by atoms with van der Waals surface area (Å²) in [5.41, 5.74) is 1.83. The molecule has 0 radical (unpaired) electrons. The maximum absolute atomic E-state index is 12.2. The van der Waals surface area contributed by atoms with Gasteiger partial charge in [0.05, 0.1) is 18.7 Å². The minimum Gasteiger partial charge on any atom is -0.493 e. The third kappa shape index (κ3) is 5.81. The summed E-state index contributed by atoms with van der Waals surface area (Å²) < 4.78 is 16.4. The molecule has 3 rings (SSSR count). The first-order valence-electron chi connectivity index (χ1n) is 8.91. The quantitative estimate of drug-likeness (QED) is 0.396. The molecule has 1 aliphatic rings. The molecule has 2 aromatic rings. The van der Waals surface area contributed by atoms with Gasteiger partial charge in [0.1, 0.15) is 16.7 Å². The van der Waals surface area contributed by atoms with Crippen molar-refractivity contribution >= 4 is 56.0 Å². The molecule has 6 nitrogen and oxygen atoms in total. The molecule has 0 N–H and O–H groups in total. The lowest BCUT2D eigenvalue weighted by Gasteiger charge is -2.13. The van der Waals surface area contributed by atoms with Gasteiger partial charge in [0.25, 0.3) is 0 Å². The highest BCUT2D eigenvalue weighted by Crippen LogP contribution is 2.38. The van der Waals surface area contributed by atoms with Gasteiger partial charge in [-0.05, 0) is 48.0 Å². The number of halogens is 1. The summed E-state index contributed by atoms with van der Waals surface area (Å²) in [7, 11) is 1.51. The van der Waals surface area contributed by atoms with Gasteiger partial charge in [-0.15, -0.1) is 0 Å². The number of carbonyl (C=O) groups excluding carboxylic acids is 2. The lowest BCUT2D eigenvalue weighted by Crippen LogP contribution is -1.99. The molecule has 156 valence electrons. The Labute approximate surface area is 187 Å². The number of carbonyl (C=O) groups is 2. The first-order valence-corrected chi connectivity index (χ1v) is 10.9. The standard InChI is InChI=1S/C21H18ClNO5S2/c1-3-27-21(25)30-20-23-16(19(24)29-20)10-14-9-15(22)18(17(11-14)26-2)28-12-13-7-5-4-6-8-13/h4-11H,3,12H2,1-2H3. The van der Waals surface area contributed by atoms with Crippen LogP contribution in [0.5, 0.6) is 11.5 Å². The van der Waals surface area contributed by atoms with E-state index in [1.165, 1.54) is 7.11 Å². The molecule has 0 unspecified atom stereocenters. The van der Waals surface area contributed by atoms with Gasteiger partial charge in [-0.25, -0.2) is 9.79 Å². The third-order valence-corrected chi connectivity index (χ3v) is 5.81. The highest BCUT2D eigenvalue weighted by molar-refractivity contribution is 8.49. The van der Waals surface area contributed by atoms with Crippen LogP contribution in [0, 0.1) is 0 Å². The Morgan fingerprint density at radius 1 is 1.27 bits per heavy atom. The average molecular weight is 464 g/mol. The predicted molar refractivity (Wildman–Crippen MR) is 121 cm³/mol. The van der Waals surface area contributed by atoms with Crippen LogP contribution in [0.15, 0.2) is 53.2 Å². The van der Waals surface area contributed by atoms with Gasteiger partial charge in [-0.1, -0.05) is 41.9 Å². The SMILES string of the molecule is CCOC(=O)SC1=NC(=Cc2cc(Cl)c(OCc3ccccc3)c(OC)c2)C(=O)S1. The van der Waals surface area contributed by atoms with E-state index in [0.29, 0.717) is 33.1 Å². The van der Waals surface area contributed by atoms with Crippen molar-refractivity contribution in [2.75, 3.05) is 13.7 Å². The monoisotopic (exact) mass is 463 g/mol. The normalized spacial score (nSPS) is 14.6. The summed E-state index contributed by atoms with van der Waals surface area (Å²) in [5, 5.41) is -0.413. The molecule has 0 bridgehead atoms. The fraction of sp³-hybridized carbons (Fsp3) is 0.190. The van der Waals surface area contributed by atoms with Crippen molar-refractivity contribution < 1.29 is 23.8 Å². The Morgan fingerprint density at radius 2 is 2.03 bits per heavy atom. The average Bonchev–Trinajstić information content (AvgIpc) is 3.06. The summed E-state index contributed by atoms with van der Waals surface area (Å²) >= 11 is 8.08. The zero-order chi connectivity index (χ0) is 21.5. The van der Waals surface area contributed by atoms with Gasteiger partial charge in [0, 0.05) is 11.8 Å². The maximum atomic E-state index is 12.2. The summed E-state index contributed by atoms with van der Waals surface area (Å²) in [4.78, 5) is 28.0. The van der Waals surface area contributed by atoms with Crippen LogP contribution in [0.1, 0.15) is 18.1 Å². The van der Waals surface area contributed by atoms with Crippen LogP contribution in [-0.4, -0.2) is 28.5 Å². The lowest BCUT2D eigenvalue weighted by molar-refractivity contribution is -0.107. The minimum absolute atomic E-state index is 0.211. The van der Waals surface area contributed by atoms with Gasteiger partial charge in [0.2, 0.25) is 5.12 Å². The van der Waals surface area contributed by atoms with Crippen LogP contribution >= 0.6 is 35.1 Å². The van der Waals surface area contributed by atoms with Gasteiger partial charge in [-0.2, -0.15) is 0 Å². The molecule has 2 aromatic carbocycles. The van der Waals surface area contributed by atoms with E-state index in [2.05, 4.69) is 4.99 Å². The molecule has 1 heterocycles. The minimum atomic E-state index is -0.498. The zero-order valence-electron chi connectivity index (χ0n) is 16.2. The van der Waals surface area contributed by atoms with E-state index in [4.69, 9.17) is 25.8 Å². The maximum Gasteiger partial charge on any atom is 0.374 e. The highest BCUT2D eigenvalue weighted by atomic mass is 35.5. The lowest BCUT2D eigenvalue weighted by atomic mass is 10.1. The van der Waals surface area contributed by atoms with Gasteiger partial charge in [0.15, 0.2) is 11.5 Å². The number of hydrogen-bond donors (Lipinski definition) is 0. The number of nitrogens with zero attached hydrogens (tertiary/aromatic N) is 1. The summed E-state index contributed by atoms with van der Waals surface area (Å²) in [6, 6.07) is 13.1. The molecule has 0 aliphatic carbocycles. The molecule has 0 fully saturated rings. The van der Waals surface area contributed by atoms with E-state index in [1.807, 2.05) is 30.3 Å². The van der Waals surface area contributed by atoms with E-state index in [9.17, 15) is 9.59 Å². The number of aliphatic imine (C=N–C) groups is 1. The number of thioether (sulfide) groups is 2. The second kappa shape index (κ2) is 10.6. The number of hydrogen-bond acceptors (Lipinski definition) is 8. The molecule has 30 heavy (non-hydrogen) atoms. The largest absolute Gasteiger partial charge is 0.493 e. The zero-order valence-corrected chi connectivity index (χ0v) is 18.6. The van der Waals surface area contributed by atoms with E-state index in [0.717, 1.165) is 29.1 Å². The summed E-state index contributed by atoms with van der Waals surface area (Å²) in [6.45, 7) is 2.31. The van der Waals surface area contributed by atoms with Crippen molar-refractivity contribution in [1.29, 1.82) is 0 Å². The number of methoxy groups -OCH3 is 1. The molecule has 1 aliphatic heterocycles. The number of ether oxygens (including phenoxy) is 3. The smallest absolute Gasteiger partial charge is 0.374 e. The van der Waals surface area contributed by atoms with Gasteiger partial charge in [-0.3, -0.25) is 4.79 Å². The third-order valence-electron chi connectivity index (χ3n) is 3.81. The van der Waals surface area contributed by atoms with Crippen molar-refractivity contribution in [3.05, 3.63) is 64.3 Å². The molecule has 0 saturated carbocycles. The molecule has 9 heteroatoms. The number of rotatable bonds is 6. The second-order valence-electron chi connectivity index (χ2n) is 5.89. The Kier molecular flexibility index (Phi) is 7.84. The van der Waals surface area contributed by atoms with Gasteiger partial charge >= 0.3 is 5.30 Å². The molecule has 0 amide bonds. The molecular formula is C21H18ClNO5S2. The van der Waals surface area contributed by atoms with Crippen LogP contribution in [0.4, 0.5) is 4.79 Å². The van der Waals surface area contributed by atoms with Crippen molar-refractivity contribution in [3.8, 4) is 11.5 Å². The highest BCUT2D eigenvalue weighted by Gasteiger charge is 2.25.